The maximum absolute atomic E-state index is 13.2. The highest BCUT2D eigenvalue weighted by molar-refractivity contribution is 7.98. The van der Waals surface area contributed by atoms with Crippen LogP contribution in [0.5, 0.6) is 0 Å². The molecular formula is C21H17ClN2O2S2. The third-order valence-corrected chi connectivity index (χ3v) is 6.30. The van der Waals surface area contributed by atoms with Crippen LogP contribution in [0.4, 0.5) is 5.13 Å². The quantitative estimate of drug-likeness (QED) is 0.351. The minimum absolute atomic E-state index is 0.0292. The molecule has 4 rings (SSSR count). The number of thioether (sulfide) groups is 1. The molecule has 0 aliphatic heterocycles. The fraction of sp³-hybridized carbons (Fsp3) is 0.143. The number of amides is 1. The first-order chi connectivity index (χ1) is 13.6. The smallest absolute Gasteiger partial charge is 0.233 e. The fourth-order valence-corrected chi connectivity index (χ4v) is 4.50. The van der Waals surface area contributed by atoms with Crippen LogP contribution < -0.4 is 4.90 Å². The van der Waals surface area contributed by atoms with Gasteiger partial charge in [0.15, 0.2) is 5.13 Å². The number of halogens is 1. The summed E-state index contributed by atoms with van der Waals surface area (Å²) in [5.74, 6) is 0.682. The van der Waals surface area contributed by atoms with Gasteiger partial charge >= 0.3 is 0 Å². The van der Waals surface area contributed by atoms with Crippen LogP contribution in [0.1, 0.15) is 11.3 Å². The molecule has 2 heterocycles. The number of hydrogen-bond acceptors (Lipinski definition) is 5. The van der Waals surface area contributed by atoms with Crippen LogP contribution in [0, 0.1) is 0 Å². The van der Waals surface area contributed by atoms with Gasteiger partial charge in [-0.2, -0.15) is 0 Å². The van der Waals surface area contributed by atoms with Crippen molar-refractivity contribution in [2.24, 2.45) is 0 Å². The summed E-state index contributed by atoms with van der Waals surface area (Å²) in [6.45, 7) is 0.336. The van der Waals surface area contributed by atoms with E-state index in [4.69, 9.17) is 16.0 Å². The van der Waals surface area contributed by atoms with E-state index in [1.807, 2.05) is 54.8 Å². The lowest BCUT2D eigenvalue weighted by molar-refractivity contribution is -0.118. The van der Waals surface area contributed by atoms with Crippen LogP contribution in [0.25, 0.3) is 10.2 Å². The number of anilines is 1. The number of thiazole rings is 1. The van der Waals surface area contributed by atoms with Crippen molar-refractivity contribution in [1.82, 2.24) is 4.98 Å². The van der Waals surface area contributed by atoms with Crippen LogP contribution in [0.15, 0.2) is 70.2 Å². The summed E-state index contributed by atoms with van der Waals surface area (Å²) in [6, 6.07) is 17.3. The number of furan rings is 1. The Morgan fingerprint density at radius 3 is 2.75 bits per heavy atom. The van der Waals surface area contributed by atoms with E-state index in [2.05, 4.69) is 4.98 Å². The van der Waals surface area contributed by atoms with Crippen LogP contribution >= 0.6 is 34.7 Å². The third-order valence-electron chi connectivity index (χ3n) is 4.28. The Labute approximate surface area is 176 Å². The monoisotopic (exact) mass is 428 g/mol. The lowest BCUT2D eigenvalue weighted by Crippen LogP contribution is -2.31. The van der Waals surface area contributed by atoms with Gasteiger partial charge in [-0.15, -0.1) is 11.8 Å². The number of rotatable bonds is 6. The van der Waals surface area contributed by atoms with Gasteiger partial charge in [0.05, 0.1) is 29.4 Å². The highest BCUT2D eigenvalue weighted by Gasteiger charge is 2.21. The van der Waals surface area contributed by atoms with Crippen molar-refractivity contribution in [2.75, 3.05) is 11.2 Å². The molecular weight excluding hydrogens is 412 g/mol. The molecule has 0 spiro atoms. The average Bonchev–Trinajstić information content (AvgIpc) is 3.35. The highest BCUT2D eigenvalue weighted by atomic mass is 35.5. The SMILES string of the molecule is CSc1ccc(CC(=O)N(Cc2ccco2)c2nc3ccc(Cl)cc3s2)cc1. The maximum Gasteiger partial charge on any atom is 0.233 e. The van der Waals surface area contributed by atoms with Crippen LogP contribution in [-0.4, -0.2) is 17.1 Å². The molecule has 0 unspecified atom stereocenters. The van der Waals surface area contributed by atoms with E-state index in [1.54, 1.807) is 29.0 Å². The van der Waals surface area contributed by atoms with Crippen molar-refractivity contribution in [2.45, 2.75) is 17.9 Å². The molecule has 28 heavy (non-hydrogen) atoms. The number of carbonyl (C=O) groups excluding carboxylic acids is 1. The van der Waals surface area contributed by atoms with Gasteiger partial charge in [-0.25, -0.2) is 4.98 Å². The number of fused-ring (bicyclic) bond motifs is 1. The third kappa shape index (κ3) is 4.24. The zero-order chi connectivity index (χ0) is 19.5. The van der Waals surface area contributed by atoms with Crippen LogP contribution in [0.2, 0.25) is 5.02 Å². The summed E-state index contributed by atoms with van der Waals surface area (Å²) in [5, 5.41) is 1.29. The van der Waals surface area contributed by atoms with Gasteiger partial charge in [0.2, 0.25) is 5.91 Å². The summed E-state index contributed by atoms with van der Waals surface area (Å²) >= 11 is 9.23. The molecule has 142 valence electrons. The molecule has 0 bridgehead atoms. The minimum atomic E-state index is -0.0292. The van der Waals surface area contributed by atoms with E-state index in [0.29, 0.717) is 28.9 Å². The number of carbonyl (C=O) groups is 1. The molecule has 0 atom stereocenters. The zero-order valence-electron chi connectivity index (χ0n) is 15.1. The van der Waals surface area contributed by atoms with Crippen molar-refractivity contribution in [3.8, 4) is 0 Å². The topological polar surface area (TPSA) is 46.3 Å². The lowest BCUT2D eigenvalue weighted by Gasteiger charge is -2.19. The number of aromatic nitrogens is 1. The molecule has 0 aliphatic rings. The normalized spacial score (nSPS) is 11.1. The summed E-state index contributed by atoms with van der Waals surface area (Å²) in [7, 11) is 0. The Bertz CT molecular complexity index is 1090. The van der Waals surface area contributed by atoms with Gasteiger partial charge in [-0.05, 0) is 54.3 Å². The van der Waals surface area contributed by atoms with E-state index < -0.39 is 0 Å². The zero-order valence-corrected chi connectivity index (χ0v) is 17.5. The first kappa shape index (κ1) is 19.1. The summed E-state index contributed by atoms with van der Waals surface area (Å²) in [6.07, 6.45) is 3.94. The van der Waals surface area contributed by atoms with Crippen molar-refractivity contribution in [3.63, 3.8) is 0 Å². The van der Waals surface area contributed by atoms with E-state index in [1.165, 1.54) is 16.2 Å². The van der Waals surface area contributed by atoms with Crippen molar-refractivity contribution >= 4 is 56.0 Å². The highest BCUT2D eigenvalue weighted by Crippen LogP contribution is 2.32. The second kappa shape index (κ2) is 8.39. The van der Waals surface area contributed by atoms with Gasteiger partial charge in [0.25, 0.3) is 0 Å². The van der Waals surface area contributed by atoms with Crippen molar-refractivity contribution in [1.29, 1.82) is 0 Å². The van der Waals surface area contributed by atoms with E-state index >= 15 is 0 Å². The lowest BCUT2D eigenvalue weighted by atomic mass is 10.1. The first-order valence-electron chi connectivity index (χ1n) is 8.64. The standard InChI is InChI=1S/C21H17ClN2O2S2/c1-27-17-7-4-14(5-8-17)11-20(25)24(13-16-3-2-10-26-16)21-23-18-9-6-15(22)12-19(18)28-21/h2-10,12H,11,13H2,1H3. The number of nitrogens with zero attached hydrogens (tertiary/aromatic N) is 2. The predicted molar refractivity (Wildman–Crippen MR) is 116 cm³/mol. The Morgan fingerprint density at radius 2 is 2.04 bits per heavy atom. The molecule has 4 nitrogen and oxygen atoms in total. The second-order valence-electron chi connectivity index (χ2n) is 6.19. The molecule has 0 saturated heterocycles. The molecule has 0 aliphatic carbocycles. The van der Waals surface area contributed by atoms with Gasteiger partial charge in [-0.1, -0.05) is 35.1 Å². The molecule has 0 saturated carbocycles. The Morgan fingerprint density at radius 1 is 1.21 bits per heavy atom. The number of benzene rings is 2. The molecule has 0 radical (unpaired) electrons. The van der Waals surface area contributed by atoms with Crippen molar-refractivity contribution < 1.29 is 9.21 Å². The van der Waals surface area contributed by atoms with Crippen molar-refractivity contribution in [3.05, 3.63) is 77.2 Å². The molecule has 1 amide bonds. The fourth-order valence-electron chi connectivity index (χ4n) is 2.84. The largest absolute Gasteiger partial charge is 0.467 e. The molecule has 2 aromatic heterocycles. The number of hydrogen-bond donors (Lipinski definition) is 0. The maximum atomic E-state index is 13.2. The molecule has 0 fully saturated rings. The van der Waals surface area contributed by atoms with E-state index in [9.17, 15) is 4.79 Å². The van der Waals surface area contributed by atoms with E-state index in [0.717, 1.165) is 15.8 Å². The van der Waals surface area contributed by atoms with E-state index in [-0.39, 0.29) is 5.91 Å². The second-order valence-corrected chi connectivity index (χ2v) is 8.52. The summed E-state index contributed by atoms with van der Waals surface area (Å²) in [5.41, 5.74) is 1.79. The first-order valence-corrected chi connectivity index (χ1v) is 11.1. The molecule has 0 N–H and O–H groups in total. The average molecular weight is 429 g/mol. The molecule has 7 heteroatoms. The Balaban J connectivity index is 1.64. The van der Waals surface area contributed by atoms with Gasteiger partial charge in [0.1, 0.15) is 5.76 Å². The summed E-state index contributed by atoms with van der Waals surface area (Å²) < 4.78 is 6.42. The summed E-state index contributed by atoms with van der Waals surface area (Å²) in [4.78, 5) is 20.7. The van der Waals surface area contributed by atoms with Crippen LogP contribution in [-0.2, 0) is 17.8 Å². The Kier molecular flexibility index (Phi) is 5.71. The Hall–Kier alpha value is -2.28. The minimum Gasteiger partial charge on any atom is -0.467 e. The molecule has 4 aromatic rings. The van der Waals surface area contributed by atoms with Gasteiger partial charge < -0.3 is 4.42 Å². The predicted octanol–water partition coefficient (Wildman–Crippen LogP) is 6.04. The van der Waals surface area contributed by atoms with Gasteiger partial charge in [0, 0.05) is 9.92 Å². The van der Waals surface area contributed by atoms with Crippen LogP contribution in [0.3, 0.4) is 0 Å². The molecule has 2 aromatic carbocycles. The van der Waals surface area contributed by atoms with Gasteiger partial charge in [-0.3, -0.25) is 9.69 Å².